The minimum Gasteiger partial charge on any atom is -0.338 e. The maximum atomic E-state index is 13.5. The van der Waals surface area contributed by atoms with Gasteiger partial charge in [-0.3, -0.25) is 4.79 Å². The van der Waals surface area contributed by atoms with Crippen molar-refractivity contribution in [3.05, 3.63) is 24.0 Å². The minimum absolute atomic E-state index is 0.0467. The molecule has 1 aromatic carbocycles. The lowest BCUT2D eigenvalue weighted by molar-refractivity contribution is -0.114. The summed E-state index contributed by atoms with van der Waals surface area (Å²) in [5, 5.41) is 7.79. The predicted molar refractivity (Wildman–Crippen MR) is 95.6 cm³/mol. The number of anilines is 2. The van der Waals surface area contributed by atoms with E-state index in [1.54, 1.807) is 0 Å². The summed E-state index contributed by atoms with van der Waals surface area (Å²) in [4.78, 5) is 22.8. The van der Waals surface area contributed by atoms with E-state index in [0.29, 0.717) is 12.2 Å². The molecule has 6 heteroatoms. The highest BCUT2D eigenvalue weighted by Crippen LogP contribution is 2.19. The molecule has 0 atom stereocenters. The van der Waals surface area contributed by atoms with Crippen LogP contribution in [0.4, 0.5) is 20.6 Å². The van der Waals surface area contributed by atoms with Gasteiger partial charge in [-0.1, -0.05) is 39.5 Å². The van der Waals surface area contributed by atoms with Crippen LogP contribution in [0.15, 0.2) is 18.2 Å². The maximum absolute atomic E-state index is 13.5. The van der Waals surface area contributed by atoms with Crippen LogP contribution in [0.25, 0.3) is 0 Å². The average Bonchev–Trinajstić information content (AvgIpc) is 2.49. The number of carbonyl (C=O) groups is 2. The number of rotatable bonds is 9. The highest BCUT2D eigenvalue weighted by molar-refractivity contribution is 5.92. The summed E-state index contributed by atoms with van der Waals surface area (Å²) in [5.41, 5.74) is 0.472. The monoisotopic (exact) mass is 337 g/mol. The van der Waals surface area contributed by atoms with E-state index in [0.717, 1.165) is 18.8 Å². The Morgan fingerprint density at radius 1 is 1.08 bits per heavy atom. The molecular formula is C18H28FN3O2. The normalized spacial score (nSPS) is 10.5. The zero-order chi connectivity index (χ0) is 17.9. The Hall–Kier alpha value is -2.11. The maximum Gasteiger partial charge on any atom is 0.319 e. The molecule has 0 aliphatic rings. The fourth-order valence-corrected chi connectivity index (χ4v) is 2.30. The van der Waals surface area contributed by atoms with Crippen LogP contribution in [0.2, 0.25) is 0 Å². The molecule has 0 bridgehead atoms. The summed E-state index contributed by atoms with van der Waals surface area (Å²) in [5.74, 6) is -0.169. The van der Waals surface area contributed by atoms with Crippen LogP contribution in [0.5, 0.6) is 0 Å². The van der Waals surface area contributed by atoms with Gasteiger partial charge in [0.1, 0.15) is 5.82 Å². The SMILES string of the molecule is CC(=O)Nc1cc(NC(=O)NCCCCCCC(C)C)ccc1F. The zero-order valence-electron chi connectivity index (χ0n) is 14.7. The Morgan fingerprint density at radius 3 is 2.46 bits per heavy atom. The summed E-state index contributed by atoms with van der Waals surface area (Å²) >= 11 is 0. The first-order chi connectivity index (χ1) is 11.4. The summed E-state index contributed by atoms with van der Waals surface area (Å²) < 4.78 is 13.5. The Bertz CT molecular complexity index is 547. The van der Waals surface area contributed by atoms with E-state index in [9.17, 15) is 14.0 Å². The number of urea groups is 1. The number of hydrogen-bond acceptors (Lipinski definition) is 2. The molecule has 0 spiro atoms. The van der Waals surface area contributed by atoms with E-state index in [2.05, 4.69) is 29.8 Å². The van der Waals surface area contributed by atoms with E-state index < -0.39 is 5.82 Å². The first-order valence-corrected chi connectivity index (χ1v) is 8.50. The van der Waals surface area contributed by atoms with Crippen molar-refractivity contribution in [2.24, 2.45) is 5.92 Å². The molecule has 3 N–H and O–H groups in total. The molecule has 3 amide bonds. The standard InChI is InChI=1S/C18H28FN3O2/c1-13(2)8-6-4-5-7-11-20-18(24)22-15-9-10-16(19)17(12-15)21-14(3)23/h9-10,12-13H,4-8,11H2,1-3H3,(H,21,23)(H2,20,22,24). The zero-order valence-corrected chi connectivity index (χ0v) is 14.7. The molecule has 0 radical (unpaired) electrons. The Balaban J connectivity index is 2.29. The second kappa shape index (κ2) is 10.6. The molecule has 0 aromatic heterocycles. The number of amides is 3. The van der Waals surface area contributed by atoms with Crippen LogP contribution in [0, 0.1) is 11.7 Å². The van der Waals surface area contributed by atoms with Gasteiger partial charge in [0.2, 0.25) is 5.91 Å². The molecule has 134 valence electrons. The van der Waals surface area contributed by atoms with Gasteiger partial charge in [0.25, 0.3) is 0 Å². The molecule has 0 aliphatic carbocycles. The van der Waals surface area contributed by atoms with Crippen LogP contribution < -0.4 is 16.0 Å². The van der Waals surface area contributed by atoms with Crippen LogP contribution in [0.3, 0.4) is 0 Å². The van der Waals surface area contributed by atoms with Gasteiger partial charge in [0.15, 0.2) is 0 Å². The lowest BCUT2D eigenvalue weighted by atomic mass is 10.0. The fraction of sp³-hybridized carbons (Fsp3) is 0.556. The molecule has 24 heavy (non-hydrogen) atoms. The van der Waals surface area contributed by atoms with E-state index >= 15 is 0 Å². The average molecular weight is 337 g/mol. The van der Waals surface area contributed by atoms with Gasteiger partial charge in [-0.25, -0.2) is 9.18 Å². The first kappa shape index (κ1) is 19.9. The Kier molecular flexibility index (Phi) is 8.83. The second-order valence-electron chi connectivity index (χ2n) is 6.35. The van der Waals surface area contributed by atoms with Crippen molar-refractivity contribution >= 4 is 23.3 Å². The minimum atomic E-state index is -0.544. The smallest absolute Gasteiger partial charge is 0.319 e. The molecule has 1 rings (SSSR count). The predicted octanol–water partition coefficient (Wildman–Crippen LogP) is 4.51. The number of benzene rings is 1. The summed E-state index contributed by atoms with van der Waals surface area (Å²) in [6, 6.07) is 3.71. The molecule has 0 saturated heterocycles. The highest BCUT2D eigenvalue weighted by atomic mass is 19.1. The summed E-state index contributed by atoms with van der Waals surface area (Å²) in [7, 11) is 0. The number of unbranched alkanes of at least 4 members (excludes halogenated alkanes) is 3. The van der Waals surface area contributed by atoms with Crippen molar-refractivity contribution in [1.29, 1.82) is 0 Å². The molecule has 0 unspecified atom stereocenters. The lowest BCUT2D eigenvalue weighted by Gasteiger charge is -2.10. The van der Waals surface area contributed by atoms with Gasteiger partial charge in [0.05, 0.1) is 5.69 Å². The number of carbonyl (C=O) groups excluding carboxylic acids is 2. The summed E-state index contributed by atoms with van der Waals surface area (Å²) in [6.07, 6.45) is 5.68. The van der Waals surface area contributed by atoms with Crippen molar-refractivity contribution in [2.45, 2.75) is 52.9 Å². The molecule has 0 aliphatic heterocycles. The third-order valence-electron chi connectivity index (χ3n) is 3.53. The Labute approximate surface area is 143 Å². The van der Waals surface area contributed by atoms with Gasteiger partial charge < -0.3 is 16.0 Å². The summed E-state index contributed by atoms with van der Waals surface area (Å²) in [6.45, 7) is 6.35. The largest absolute Gasteiger partial charge is 0.338 e. The van der Waals surface area contributed by atoms with Crippen molar-refractivity contribution in [3.8, 4) is 0 Å². The molecule has 0 saturated carbocycles. The van der Waals surface area contributed by atoms with Crippen molar-refractivity contribution in [1.82, 2.24) is 5.32 Å². The number of halogens is 1. The van der Waals surface area contributed by atoms with E-state index in [1.165, 1.54) is 44.4 Å². The molecule has 0 heterocycles. The molecule has 5 nitrogen and oxygen atoms in total. The van der Waals surface area contributed by atoms with E-state index in [4.69, 9.17) is 0 Å². The number of hydrogen-bond donors (Lipinski definition) is 3. The van der Waals surface area contributed by atoms with Crippen LogP contribution in [0.1, 0.15) is 52.9 Å². The van der Waals surface area contributed by atoms with Gasteiger partial charge in [0, 0.05) is 19.2 Å². The van der Waals surface area contributed by atoms with E-state index in [-0.39, 0.29) is 17.6 Å². The molecule has 1 aromatic rings. The van der Waals surface area contributed by atoms with Crippen molar-refractivity contribution in [3.63, 3.8) is 0 Å². The second-order valence-corrected chi connectivity index (χ2v) is 6.35. The van der Waals surface area contributed by atoms with Crippen LogP contribution in [-0.2, 0) is 4.79 Å². The quantitative estimate of drug-likeness (QED) is 0.580. The third kappa shape index (κ3) is 8.50. The molecule has 0 fully saturated rings. The molecular weight excluding hydrogens is 309 g/mol. The van der Waals surface area contributed by atoms with Gasteiger partial charge in [-0.15, -0.1) is 0 Å². The third-order valence-corrected chi connectivity index (χ3v) is 3.53. The highest BCUT2D eigenvalue weighted by Gasteiger charge is 2.07. The van der Waals surface area contributed by atoms with Crippen LogP contribution in [-0.4, -0.2) is 18.5 Å². The van der Waals surface area contributed by atoms with Gasteiger partial charge in [-0.05, 0) is 30.5 Å². The van der Waals surface area contributed by atoms with Gasteiger partial charge in [-0.2, -0.15) is 0 Å². The van der Waals surface area contributed by atoms with Crippen molar-refractivity contribution < 1.29 is 14.0 Å². The first-order valence-electron chi connectivity index (χ1n) is 8.50. The Morgan fingerprint density at radius 2 is 1.79 bits per heavy atom. The van der Waals surface area contributed by atoms with Gasteiger partial charge >= 0.3 is 6.03 Å². The van der Waals surface area contributed by atoms with E-state index in [1.807, 2.05) is 0 Å². The lowest BCUT2D eigenvalue weighted by Crippen LogP contribution is -2.29. The number of nitrogens with one attached hydrogen (secondary N) is 3. The van der Waals surface area contributed by atoms with Crippen LogP contribution >= 0.6 is 0 Å². The fourth-order valence-electron chi connectivity index (χ4n) is 2.30. The van der Waals surface area contributed by atoms with Crippen molar-refractivity contribution in [2.75, 3.05) is 17.2 Å². The topological polar surface area (TPSA) is 70.2 Å².